The van der Waals surface area contributed by atoms with Gasteiger partial charge in [-0.2, -0.15) is 0 Å². The molecule has 3 rings (SSSR count). The van der Waals surface area contributed by atoms with E-state index in [1.165, 1.54) is 0 Å². The average molecular weight is 351 g/mol. The van der Waals surface area contributed by atoms with Crippen LogP contribution >= 0.6 is 0 Å². The standard InChI is InChI=1S/C17H29N5O3/c1-17(2,3)25-16(24)21-8-9-22-13(12-21)10-18-15(22)19-11-14(23)20-6-4-5-7-20/h13H,4-12H2,1-3H3,(H,18,19). The van der Waals surface area contributed by atoms with Crippen molar-refractivity contribution in [1.29, 1.82) is 0 Å². The normalized spacial score (nSPS) is 23.4. The number of rotatable bonds is 2. The maximum Gasteiger partial charge on any atom is 0.410 e. The highest BCUT2D eigenvalue weighted by molar-refractivity contribution is 5.88. The van der Waals surface area contributed by atoms with Crippen molar-refractivity contribution < 1.29 is 14.3 Å². The Morgan fingerprint density at radius 3 is 2.56 bits per heavy atom. The van der Waals surface area contributed by atoms with Crippen LogP contribution in [0.15, 0.2) is 4.99 Å². The van der Waals surface area contributed by atoms with E-state index in [-0.39, 0.29) is 24.6 Å². The van der Waals surface area contributed by atoms with Gasteiger partial charge in [-0.05, 0) is 33.6 Å². The van der Waals surface area contributed by atoms with E-state index >= 15 is 0 Å². The van der Waals surface area contributed by atoms with Crippen molar-refractivity contribution in [3.05, 3.63) is 0 Å². The first kappa shape index (κ1) is 17.8. The molecule has 25 heavy (non-hydrogen) atoms. The van der Waals surface area contributed by atoms with Gasteiger partial charge in [0, 0.05) is 32.7 Å². The maximum absolute atomic E-state index is 12.2. The second-order valence-corrected chi connectivity index (χ2v) is 7.88. The summed E-state index contributed by atoms with van der Waals surface area (Å²) in [7, 11) is 0. The molecule has 0 aromatic carbocycles. The molecule has 0 saturated carbocycles. The van der Waals surface area contributed by atoms with E-state index < -0.39 is 5.60 Å². The molecule has 8 heteroatoms. The third-order valence-electron chi connectivity index (χ3n) is 4.71. The molecule has 0 aromatic rings. The van der Waals surface area contributed by atoms with Crippen molar-refractivity contribution in [3.63, 3.8) is 0 Å². The predicted octanol–water partition coefficient (Wildman–Crippen LogP) is 0.489. The van der Waals surface area contributed by atoms with Gasteiger partial charge in [0.15, 0.2) is 5.96 Å². The van der Waals surface area contributed by atoms with Gasteiger partial charge >= 0.3 is 6.09 Å². The van der Waals surface area contributed by atoms with Gasteiger partial charge in [-0.1, -0.05) is 0 Å². The summed E-state index contributed by atoms with van der Waals surface area (Å²) in [5.41, 5.74) is -0.483. The van der Waals surface area contributed by atoms with Crippen LogP contribution in [0.3, 0.4) is 0 Å². The molecular weight excluding hydrogens is 322 g/mol. The Morgan fingerprint density at radius 2 is 1.88 bits per heavy atom. The van der Waals surface area contributed by atoms with E-state index in [2.05, 4.69) is 15.2 Å². The first-order valence-corrected chi connectivity index (χ1v) is 9.14. The zero-order chi connectivity index (χ0) is 18.0. The number of hydrogen-bond acceptors (Lipinski definition) is 6. The monoisotopic (exact) mass is 351 g/mol. The number of fused-ring (bicyclic) bond motifs is 1. The van der Waals surface area contributed by atoms with Crippen molar-refractivity contribution in [2.45, 2.75) is 45.3 Å². The van der Waals surface area contributed by atoms with Gasteiger partial charge in [-0.3, -0.25) is 9.79 Å². The lowest BCUT2D eigenvalue weighted by atomic mass is 10.2. The number of nitrogens with zero attached hydrogens (tertiary/aromatic N) is 4. The molecule has 3 aliphatic rings. The van der Waals surface area contributed by atoms with Crippen LogP contribution < -0.4 is 5.32 Å². The van der Waals surface area contributed by atoms with Gasteiger partial charge in [0.2, 0.25) is 5.91 Å². The van der Waals surface area contributed by atoms with Crippen LogP contribution in [0.5, 0.6) is 0 Å². The summed E-state index contributed by atoms with van der Waals surface area (Å²) in [6.45, 7) is 10.2. The largest absolute Gasteiger partial charge is 0.444 e. The van der Waals surface area contributed by atoms with Gasteiger partial charge in [0.1, 0.15) is 5.60 Å². The van der Waals surface area contributed by atoms with Crippen LogP contribution in [0.2, 0.25) is 0 Å². The Hall–Kier alpha value is -1.99. The molecule has 1 atom stereocenters. The topological polar surface area (TPSA) is 77.5 Å². The smallest absolute Gasteiger partial charge is 0.410 e. The molecule has 2 saturated heterocycles. The minimum atomic E-state index is -0.483. The zero-order valence-corrected chi connectivity index (χ0v) is 15.5. The number of aliphatic imine (C=N–C) groups is 1. The van der Waals surface area contributed by atoms with Crippen molar-refractivity contribution >= 4 is 18.0 Å². The van der Waals surface area contributed by atoms with Crippen molar-refractivity contribution in [2.24, 2.45) is 4.99 Å². The van der Waals surface area contributed by atoms with Gasteiger partial charge in [0.05, 0.1) is 19.1 Å². The molecule has 8 nitrogen and oxygen atoms in total. The number of piperazine rings is 1. The second-order valence-electron chi connectivity index (χ2n) is 7.88. The van der Waals surface area contributed by atoms with Crippen LogP contribution in [0, 0.1) is 0 Å². The predicted molar refractivity (Wildman–Crippen MR) is 94.4 cm³/mol. The molecule has 0 bridgehead atoms. The zero-order valence-electron chi connectivity index (χ0n) is 15.5. The quantitative estimate of drug-likeness (QED) is 0.783. The molecule has 1 N–H and O–H groups in total. The number of carbonyl (C=O) groups is 2. The Labute approximate surface area is 149 Å². The van der Waals surface area contributed by atoms with E-state index in [1.807, 2.05) is 25.7 Å². The molecular formula is C17H29N5O3. The molecule has 3 aliphatic heterocycles. The lowest BCUT2D eigenvalue weighted by Crippen LogP contribution is -2.58. The van der Waals surface area contributed by atoms with Crippen molar-refractivity contribution in [2.75, 3.05) is 45.8 Å². The highest BCUT2D eigenvalue weighted by atomic mass is 16.6. The molecule has 0 spiro atoms. The Bertz CT molecular complexity index is 551. The number of carbonyl (C=O) groups excluding carboxylic acids is 2. The third kappa shape index (κ3) is 4.35. The highest BCUT2D eigenvalue weighted by Gasteiger charge is 2.36. The van der Waals surface area contributed by atoms with E-state index in [0.717, 1.165) is 31.9 Å². The van der Waals surface area contributed by atoms with Crippen LogP contribution in [0.25, 0.3) is 0 Å². The summed E-state index contributed by atoms with van der Waals surface area (Å²) in [5.74, 6) is 0.914. The Morgan fingerprint density at radius 1 is 1.16 bits per heavy atom. The highest BCUT2D eigenvalue weighted by Crippen LogP contribution is 2.18. The van der Waals surface area contributed by atoms with Crippen LogP contribution in [-0.4, -0.2) is 90.1 Å². The first-order valence-electron chi connectivity index (χ1n) is 9.14. The molecule has 2 amide bonds. The number of guanidine groups is 1. The molecule has 1 unspecified atom stereocenters. The van der Waals surface area contributed by atoms with Crippen LogP contribution in [0.1, 0.15) is 33.6 Å². The minimum absolute atomic E-state index is 0.135. The lowest BCUT2D eigenvalue weighted by molar-refractivity contribution is -0.128. The fourth-order valence-electron chi connectivity index (χ4n) is 3.46. The fraction of sp³-hybridized carbons (Fsp3) is 0.824. The summed E-state index contributed by atoms with van der Waals surface area (Å²) in [6.07, 6.45) is 1.93. The summed E-state index contributed by atoms with van der Waals surface area (Å²) < 4.78 is 5.45. The summed E-state index contributed by atoms with van der Waals surface area (Å²) in [4.78, 5) is 34.7. The molecule has 0 aromatic heterocycles. The summed E-state index contributed by atoms with van der Waals surface area (Å²) in [5, 5.41) is 3.19. The average Bonchev–Trinajstić information content (AvgIpc) is 3.20. The van der Waals surface area contributed by atoms with E-state index in [1.54, 1.807) is 4.90 Å². The van der Waals surface area contributed by atoms with Crippen LogP contribution in [0.4, 0.5) is 4.79 Å². The molecule has 3 heterocycles. The van der Waals surface area contributed by atoms with Crippen molar-refractivity contribution in [1.82, 2.24) is 20.0 Å². The SMILES string of the molecule is CC(C)(C)OC(=O)N1CCN2C(NCC(=O)N3CCCC3)=NCC2C1. The van der Waals surface area contributed by atoms with Crippen molar-refractivity contribution in [3.8, 4) is 0 Å². The van der Waals surface area contributed by atoms with Gasteiger partial charge in [-0.25, -0.2) is 4.79 Å². The Kier molecular flexibility index (Phi) is 5.06. The number of nitrogens with one attached hydrogen (secondary N) is 1. The fourth-order valence-corrected chi connectivity index (χ4v) is 3.46. The van der Waals surface area contributed by atoms with Gasteiger partial charge in [-0.15, -0.1) is 0 Å². The number of ether oxygens (including phenoxy) is 1. The molecule has 0 aliphatic carbocycles. The first-order chi connectivity index (χ1) is 11.8. The Balaban J connectivity index is 1.47. The van der Waals surface area contributed by atoms with E-state index in [4.69, 9.17) is 4.74 Å². The summed E-state index contributed by atoms with van der Waals surface area (Å²) >= 11 is 0. The minimum Gasteiger partial charge on any atom is -0.444 e. The number of likely N-dealkylation sites (tertiary alicyclic amines) is 1. The molecule has 0 radical (unpaired) electrons. The lowest BCUT2D eigenvalue weighted by Gasteiger charge is -2.39. The van der Waals surface area contributed by atoms with Gasteiger partial charge in [0.25, 0.3) is 0 Å². The third-order valence-corrected chi connectivity index (χ3v) is 4.71. The van der Waals surface area contributed by atoms with Crippen LogP contribution in [-0.2, 0) is 9.53 Å². The molecule has 2 fully saturated rings. The number of amides is 2. The molecule has 140 valence electrons. The summed E-state index contributed by atoms with van der Waals surface area (Å²) in [6, 6.07) is 0.158. The maximum atomic E-state index is 12.2. The van der Waals surface area contributed by atoms with E-state index in [9.17, 15) is 9.59 Å². The van der Waals surface area contributed by atoms with Gasteiger partial charge < -0.3 is 24.8 Å². The number of hydrogen-bond donors (Lipinski definition) is 1. The second kappa shape index (κ2) is 7.09. The van der Waals surface area contributed by atoms with E-state index in [0.29, 0.717) is 26.2 Å².